The van der Waals surface area contributed by atoms with Crippen molar-refractivity contribution < 1.29 is 18.7 Å². The number of carbonyl (C=O) groups excluding carboxylic acids is 1. The Morgan fingerprint density at radius 3 is 2.77 bits per heavy atom. The van der Waals surface area contributed by atoms with Gasteiger partial charge in [0.05, 0.1) is 0 Å². The van der Waals surface area contributed by atoms with Gasteiger partial charge in [0, 0.05) is 18.2 Å². The first-order chi connectivity index (χ1) is 12.5. The summed E-state index contributed by atoms with van der Waals surface area (Å²) >= 11 is 0. The van der Waals surface area contributed by atoms with Crippen LogP contribution in [0.25, 0.3) is 11.1 Å². The molecule has 26 heavy (non-hydrogen) atoms. The topological polar surface area (TPSA) is 61.4 Å². The highest BCUT2D eigenvalue weighted by Gasteiger charge is 2.14. The summed E-state index contributed by atoms with van der Waals surface area (Å²) in [5.74, 6) is -3.38. The predicted octanol–water partition coefficient (Wildman–Crippen LogP) is 3.60. The number of piperidine rings is 1. The van der Waals surface area contributed by atoms with Crippen LogP contribution in [0.1, 0.15) is 36.0 Å². The smallest absolute Gasteiger partial charge is 0.251 e. The van der Waals surface area contributed by atoms with Crippen molar-refractivity contribution in [3.8, 4) is 16.9 Å². The Morgan fingerprint density at radius 2 is 2.04 bits per heavy atom. The summed E-state index contributed by atoms with van der Waals surface area (Å²) < 4.78 is 26.7. The number of hydrogen-bond acceptors (Lipinski definition) is 3. The second-order valence-corrected chi connectivity index (χ2v) is 6.56. The van der Waals surface area contributed by atoms with E-state index in [4.69, 9.17) is 0 Å². The van der Waals surface area contributed by atoms with Gasteiger partial charge in [-0.25, -0.2) is 4.39 Å². The third-order valence-corrected chi connectivity index (χ3v) is 4.66. The lowest BCUT2D eigenvalue weighted by Crippen LogP contribution is -2.37. The quantitative estimate of drug-likeness (QED) is 0.764. The lowest BCUT2D eigenvalue weighted by Gasteiger charge is -2.23. The minimum absolute atomic E-state index is 0.213. The van der Waals surface area contributed by atoms with Gasteiger partial charge in [0.1, 0.15) is 0 Å². The summed E-state index contributed by atoms with van der Waals surface area (Å²) in [5.41, 5.74) is 1.27. The average molecular weight is 360 g/mol. The van der Waals surface area contributed by atoms with E-state index in [1.807, 2.05) is 0 Å². The van der Waals surface area contributed by atoms with E-state index in [2.05, 4.69) is 10.6 Å². The average Bonchev–Trinajstić information content (AvgIpc) is 2.66. The molecule has 6 heteroatoms. The number of aromatic hydroxyl groups is 1. The van der Waals surface area contributed by atoms with Gasteiger partial charge >= 0.3 is 0 Å². The highest BCUT2D eigenvalue weighted by atomic mass is 19.2. The molecule has 3 N–H and O–H groups in total. The van der Waals surface area contributed by atoms with Gasteiger partial charge in [0.25, 0.3) is 5.91 Å². The number of phenolic OH excluding ortho intramolecular Hbond substituents is 1. The molecule has 0 aliphatic carbocycles. The molecule has 0 aromatic heterocycles. The number of carbonyl (C=O) groups is 1. The van der Waals surface area contributed by atoms with Crippen LogP contribution in [0.3, 0.4) is 0 Å². The molecule has 0 radical (unpaired) electrons. The van der Waals surface area contributed by atoms with Crippen molar-refractivity contribution in [3.63, 3.8) is 0 Å². The van der Waals surface area contributed by atoms with Crippen molar-refractivity contribution in [3.05, 3.63) is 53.6 Å². The van der Waals surface area contributed by atoms with E-state index in [1.165, 1.54) is 12.8 Å². The molecule has 1 amide bonds. The van der Waals surface area contributed by atoms with Gasteiger partial charge in [-0.15, -0.1) is 0 Å². The lowest BCUT2D eigenvalue weighted by molar-refractivity contribution is 0.0951. The van der Waals surface area contributed by atoms with Crippen molar-refractivity contribution in [2.75, 3.05) is 13.1 Å². The second-order valence-electron chi connectivity index (χ2n) is 6.56. The van der Waals surface area contributed by atoms with E-state index in [1.54, 1.807) is 24.3 Å². The fraction of sp³-hybridized carbons (Fsp3) is 0.350. The van der Waals surface area contributed by atoms with Crippen LogP contribution >= 0.6 is 0 Å². The van der Waals surface area contributed by atoms with Gasteiger partial charge in [-0.1, -0.05) is 18.6 Å². The number of halogens is 2. The zero-order chi connectivity index (χ0) is 18.5. The van der Waals surface area contributed by atoms with E-state index in [0.29, 0.717) is 29.3 Å². The summed E-state index contributed by atoms with van der Waals surface area (Å²) in [6.45, 7) is 1.61. The van der Waals surface area contributed by atoms with E-state index < -0.39 is 17.4 Å². The molecule has 4 nitrogen and oxygen atoms in total. The maximum Gasteiger partial charge on any atom is 0.251 e. The molecule has 0 unspecified atom stereocenters. The van der Waals surface area contributed by atoms with Crippen LogP contribution in [0.15, 0.2) is 36.4 Å². The van der Waals surface area contributed by atoms with Gasteiger partial charge in [0.15, 0.2) is 17.4 Å². The van der Waals surface area contributed by atoms with Gasteiger partial charge in [0.2, 0.25) is 0 Å². The lowest BCUT2D eigenvalue weighted by atomic mass is 10.0. The largest absolute Gasteiger partial charge is 0.505 e. The summed E-state index contributed by atoms with van der Waals surface area (Å²) in [6.07, 6.45) is 4.43. The minimum atomic E-state index is -1.28. The van der Waals surface area contributed by atoms with Gasteiger partial charge in [-0.3, -0.25) is 4.79 Å². The van der Waals surface area contributed by atoms with Crippen LogP contribution in [0, 0.1) is 11.6 Å². The number of nitrogens with one attached hydrogen (secondary N) is 2. The number of amides is 1. The Hall–Kier alpha value is -2.47. The van der Waals surface area contributed by atoms with Gasteiger partial charge < -0.3 is 15.7 Å². The molecule has 1 aliphatic rings. The van der Waals surface area contributed by atoms with Gasteiger partial charge in [-0.05, 0) is 61.2 Å². The summed E-state index contributed by atoms with van der Waals surface area (Å²) in [5, 5.41) is 15.8. The SMILES string of the molecule is O=C(NCC[C@H]1CCCCN1)c1cccc(-c2cc(O)c(F)c(F)c2)c1. The maximum atomic E-state index is 13.5. The van der Waals surface area contributed by atoms with E-state index >= 15 is 0 Å². The van der Waals surface area contributed by atoms with Crippen molar-refractivity contribution in [2.24, 2.45) is 0 Å². The number of hydrogen-bond donors (Lipinski definition) is 3. The first kappa shape index (κ1) is 18.3. The molecule has 3 rings (SSSR count). The molecule has 1 atom stereocenters. The molecular weight excluding hydrogens is 338 g/mol. The molecule has 2 aromatic rings. The predicted molar refractivity (Wildman–Crippen MR) is 96.1 cm³/mol. The molecule has 2 aromatic carbocycles. The monoisotopic (exact) mass is 360 g/mol. The van der Waals surface area contributed by atoms with Crippen LogP contribution in [0.5, 0.6) is 5.75 Å². The second kappa shape index (κ2) is 8.27. The summed E-state index contributed by atoms with van der Waals surface area (Å²) in [4.78, 5) is 12.3. The van der Waals surface area contributed by atoms with E-state index in [9.17, 15) is 18.7 Å². The van der Waals surface area contributed by atoms with Crippen LogP contribution in [-0.2, 0) is 0 Å². The van der Waals surface area contributed by atoms with Crippen LogP contribution in [0.4, 0.5) is 8.78 Å². The zero-order valence-corrected chi connectivity index (χ0v) is 14.4. The molecule has 1 aliphatic heterocycles. The molecule has 1 heterocycles. The highest BCUT2D eigenvalue weighted by molar-refractivity contribution is 5.95. The number of phenols is 1. The summed E-state index contributed by atoms with van der Waals surface area (Å²) in [7, 11) is 0. The Kier molecular flexibility index (Phi) is 5.83. The van der Waals surface area contributed by atoms with Crippen LogP contribution in [0.2, 0.25) is 0 Å². The van der Waals surface area contributed by atoms with Crippen molar-refractivity contribution in [1.29, 1.82) is 0 Å². The Balaban J connectivity index is 1.65. The molecular formula is C20H22F2N2O2. The number of benzene rings is 2. The van der Waals surface area contributed by atoms with Crippen molar-refractivity contribution in [2.45, 2.75) is 31.7 Å². The minimum Gasteiger partial charge on any atom is -0.505 e. The molecule has 0 saturated carbocycles. The normalized spacial score (nSPS) is 17.1. The van der Waals surface area contributed by atoms with E-state index in [-0.39, 0.29) is 5.91 Å². The Morgan fingerprint density at radius 1 is 1.19 bits per heavy atom. The number of rotatable bonds is 5. The maximum absolute atomic E-state index is 13.5. The van der Waals surface area contributed by atoms with Crippen LogP contribution in [-0.4, -0.2) is 30.1 Å². The molecule has 0 spiro atoms. The third-order valence-electron chi connectivity index (χ3n) is 4.66. The highest BCUT2D eigenvalue weighted by Crippen LogP contribution is 2.28. The standard InChI is InChI=1S/C20H22F2N2O2/c21-17-11-15(12-18(25)19(17)22)13-4-3-5-14(10-13)20(26)24-9-7-16-6-1-2-8-23-16/h3-5,10-12,16,23,25H,1-2,6-9H2,(H,24,26)/t16-/m1/s1. The third kappa shape index (κ3) is 4.38. The first-order valence-electron chi connectivity index (χ1n) is 8.84. The van der Waals surface area contributed by atoms with E-state index in [0.717, 1.165) is 31.5 Å². The Labute approximate surface area is 151 Å². The fourth-order valence-corrected chi connectivity index (χ4v) is 3.21. The zero-order valence-electron chi connectivity index (χ0n) is 14.4. The Bertz CT molecular complexity index is 766. The molecule has 1 fully saturated rings. The fourth-order valence-electron chi connectivity index (χ4n) is 3.21. The van der Waals surface area contributed by atoms with Crippen molar-refractivity contribution in [1.82, 2.24) is 10.6 Å². The molecule has 0 bridgehead atoms. The van der Waals surface area contributed by atoms with Crippen molar-refractivity contribution >= 4 is 5.91 Å². The molecule has 1 saturated heterocycles. The first-order valence-corrected chi connectivity index (χ1v) is 8.84. The summed E-state index contributed by atoms with van der Waals surface area (Å²) in [6, 6.07) is 9.20. The van der Waals surface area contributed by atoms with Gasteiger partial charge in [-0.2, -0.15) is 4.39 Å². The molecule has 138 valence electrons. The van der Waals surface area contributed by atoms with Crippen LogP contribution < -0.4 is 10.6 Å².